The first-order valence-corrected chi connectivity index (χ1v) is 12.7. The molecule has 0 aliphatic carbocycles. The molecule has 0 radical (unpaired) electrons. The van der Waals surface area contributed by atoms with Crippen molar-refractivity contribution in [1.29, 1.82) is 0 Å². The van der Waals surface area contributed by atoms with Gasteiger partial charge in [-0.3, -0.25) is 4.57 Å². The van der Waals surface area contributed by atoms with Gasteiger partial charge < -0.3 is 4.42 Å². The molecule has 0 saturated carbocycles. The van der Waals surface area contributed by atoms with E-state index < -0.39 is 0 Å². The molecule has 0 aliphatic heterocycles. The molecule has 2 aromatic heterocycles. The van der Waals surface area contributed by atoms with Crippen LogP contribution in [-0.4, -0.2) is 9.55 Å². The summed E-state index contributed by atoms with van der Waals surface area (Å²) in [6, 6.07) is 48.0. The van der Waals surface area contributed by atoms with Crippen molar-refractivity contribution >= 4 is 10.8 Å². The van der Waals surface area contributed by atoms with Gasteiger partial charge in [0, 0.05) is 27.6 Å². The summed E-state index contributed by atoms with van der Waals surface area (Å²) >= 11 is 0. The fourth-order valence-corrected chi connectivity index (χ4v) is 5.17. The molecule has 0 amide bonds. The summed E-state index contributed by atoms with van der Waals surface area (Å²) in [5.41, 5.74) is 7.25. The van der Waals surface area contributed by atoms with Crippen LogP contribution in [0.4, 0.5) is 0 Å². The Hall–Kier alpha value is -5.15. The van der Waals surface area contributed by atoms with E-state index in [-0.39, 0.29) is 0 Å². The molecule has 2 heterocycles. The first kappa shape index (κ1) is 22.1. The topological polar surface area (TPSA) is 31.0 Å². The van der Waals surface area contributed by atoms with E-state index in [2.05, 4.69) is 102 Å². The highest BCUT2D eigenvalue weighted by molar-refractivity contribution is 6.05. The number of aromatic nitrogens is 2. The quantitative estimate of drug-likeness (QED) is 0.242. The summed E-state index contributed by atoms with van der Waals surface area (Å²) in [4.78, 5) is 4.90. The lowest BCUT2D eigenvalue weighted by atomic mass is 9.96. The summed E-state index contributed by atoms with van der Waals surface area (Å²) in [6.07, 6.45) is 1.89. The van der Waals surface area contributed by atoms with Crippen LogP contribution in [0.2, 0.25) is 0 Å². The Balaban J connectivity index is 1.53. The minimum atomic E-state index is 0.804. The van der Waals surface area contributed by atoms with Crippen LogP contribution in [0.15, 0.2) is 150 Å². The second-order valence-corrected chi connectivity index (χ2v) is 9.23. The van der Waals surface area contributed by atoms with Gasteiger partial charge in [0.2, 0.25) is 0 Å². The molecule has 7 rings (SSSR count). The third-order valence-electron chi connectivity index (χ3n) is 6.94. The maximum Gasteiger partial charge on any atom is 0.161 e. The van der Waals surface area contributed by atoms with Gasteiger partial charge in [-0.05, 0) is 23.3 Å². The number of benzene rings is 5. The number of nitrogens with zero attached hydrogens (tertiary/aromatic N) is 2. The van der Waals surface area contributed by atoms with Gasteiger partial charge in [-0.15, -0.1) is 0 Å². The van der Waals surface area contributed by atoms with E-state index in [4.69, 9.17) is 9.40 Å². The molecule has 0 aliphatic rings. The standard InChI is InChI=1S/C35H24N2O/c1-4-14-25(15-5-1)28-20-10-11-21-29(28)34-30-22-12-13-23-31(30)35(38-34)33-32(26-16-6-2-7-17-26)36-24-37(33)27-18-8-3-9-19-27/h1-24H. The Morgan fingerprint density at radius 1 is 0.474 bits per heavy atom. The van der Waals surface area contributed by atoms with Gasteiger partial charge in [0.25, 0.3) is 0 Å². The third-order valence-corrected chi connectivity index (χ3v) is 6.94. The van der Waals surface area contributed by atoms with Gasteiger partial charge >= 0.3 is 0 Å². The number of hydrogen-bond acceptors (Lipinski definition) is 2. The van der Waals surface area contributed by atoms with E-state index in [0.29, 0.717) is 0 Å². The SMILES string of the molecule is c1ccc(-c2ccccc2-c2oc(-c3c(-c4ccccc4)ncn3-c3ccccc3)c3ccccc23)cc1. The Kier molecular flexibility index (Phi) is 5.45. The molecule has 0 atom stereocenters. The van der Waals surface area contributed by atoms with Gasteiger partial charge in [0.1, 0.15) is 17.8 Å². The molecule has 3 nitrogen and oxygen atoms in total. The van der Waals surface area contributed by atoms with Gasteiger partial charge in [0.15, 0.2) is 5.76 Å². The van der Waals surface area contributed by atoms with E-state index in [1.165, 1.54) is 0 Å². The van der Waals surface area contributed by atoms with E-state index in [0.717, 1.165) is 61.6 Å². The monoisotopic (exact) mass is 488 g/mol. The van der Waals surface area contributed by atoms with Gasteiger partial charge in [0.05, 0.1) is 5.69 Å². The molecule has 0 saturated heterocycles. The van der Waals surface area contributed by atoms with Crippen molar-refractivity contribution in [3.8, 4) is 50.8 Å². The molecule has 38 heavy (non-hydrogen) atoms. The zero-order valence-electron chi connectivity index (χ0n) is 20.7. The van der Waals surface area contributed by atoms with Crippen LogP contribution in [0.1, 0.15) is 0 Å². The molecule has 7 aromatic rings. The Morgan fingerprint density at radius 2 is 1.00 bits per heavy atom. The van der Waals surface area contributed by atoms with Crippen LogP contribution in [0.3, 0.4) is 0 Å². The van der Waals surface area contributed by atoms with Crippen LogP contribution < -0.4 is 0 Å². The van der Waals surface area contributed by atoms with Crippen molar-refractivity contribution in [2.45, 2.75) is 0 Å². The minimum absolute atomic E-state index is 0.804. The summed E-state index contributed by atoms with van der Waals surface area (Å²) in [6.45, 7) is 0. The van der Waals surface area contributed by atoms with Gasteiger partial charge in [-0.2, -0.15) is 0 Å². The lowest BCUT2D eigenvalue weighted by Gasteiger charge is -2.10. The van der Waals surface area contributed by atoms with Crippen molar-refractivity contribution < 1.29 is 4.42 Å². The fraction of sp³-hybridized carbons (Fsp3) is 0. The van der Waals surface area contributed by atoms with Crippen molar-refractivity contribution in [2.24, 2.45) is 0 Å². The number of hydrogen-bond donors (Lipinski definition) is 0. The number of rotatable bonds is 5. The highest BCUT2D eigenvalue weighted by atomic mass is 16.3. The van der Waals surface area contributed by atoms with Crippen molar-refractivity contribution in [3.05, 3.63) is 146 Å². The third kappa shape index (κ3) is 3.73. The normalized spacial score (nSPS) is 11.2. The Morgan fingerprint density at radius 3 is 1.68 bits per heavy atom. The maximum absolute atomic E-state index is 6.92. The highest BCUT2D eigenvalue weighted by Gasteiger charge is 2.25. The van der Waals surface area contributed by atoms with E-state index >= 15 is 0 Å². The Bertz CT molecular complexity index is 1790. The van der Waals surface area contributed by atoms with Crippen LogP contribution in [-0.2, 0) is 0 Å². The molecule has 180 valence electrons. The number of imidazole rings is 1. The van der Waals surface area contributed by atoms with E-state index in [1.54, 1.807) is 0 Å². The van der Waals surface area contributed by atoms with Crippen LogP contribution in [0.5, 0.6) is 0 Å². The lowest BCUT2D eigenvalue weighted by molar-refractivity contribution is 0.598. The molecule has 0 spiro atoms. The van der Waals surface area contributed by atoms with Gasteiger partial charge in [-0.1, -0.05) is 127 Å². The van der Waals surface area contributed by atoms with E-state index in [9.17, 15) is 0 Å². The zero-order chi connectivity index (χ0) is 25.3. The largest absolute Gasteiger partial charge is 0.453 e. The second-order valence-electron chi connectivity index (χ2n) is 9.23. The van der Waals surface area contributed by atoms with Crippen LogP contribution in [0, 0.1) is 0 Å². The van der Waals surface area contributed by atoms with Crippen molar-refractivity contribution in [3.63, 3.8) is 0 Å². The summed E-state index contributed by atoms with van der Waals surface area (Å²) < 4.78 is 9.05. The molecule has 0 fully saturated rings. The molecule has 3 heteroatoms. The summed E-state index contributed by atoms with van der Waals surface area (Å²) in [5, 5.41) is 2.13. The first-order chi connectivity index (χ1) is 18.9. The zero-order valence-corrected chi connectivity index (χ0v) is 20.7. The lowest BCUT2D eigenvalue weighted by Crippen LogP contribution is -1.95. The Labute approximate surface area is 221 Å². The number of para-hydroxylation sites is 1. The molecule has 0 N–H and O–H groups in total. The average molecular weight is 489 g/mol. The first-order valence-electron chi connectivity index (χ1n) is 12.7. The molecular weight excluding hydrogens is 464 g/mol. The fourth-order valence-electron chi connectivity index (χ4n) is 5.17. The number of furan rings is 1. The summed E-state index contributed by atoms with van der Waals surface area (Å²) in [5.74, 6) is 1.66. The average Bonchev–Trinajstić information content (AvgIpc) is 3.61. The minimum Gasteiger partial charge on any atom is -0.453 e. The molecule has 0 bridgehead atoms. The van der Waals surface area contributed by atoms with Crippen LogP contribution in [0.25, 0.3) is 61.6 Å². The molecule has 5 aromatic carbocycles. The van der Waals surface area contributed by atoms with Crippen LogP contribution >= 0.6 is 0 Å². The number of fused-ring (bicyclic) bond motifs is 1. The molecule has 0 unspecified atom stereocenters. The smallest absolute Gasteiger partial charge is 0.161 e. The van der Waals surface area contributed by atoms with Gasteiger partial charge in [-0.25, -0.2) is 4.98 Å². The van der Waals surface area contributed by atoms with E-state index in [1.807, 2.05) is 48.8 Å². The van der Waals surface area contributed by atoms with Crippen molar-refractivity contribution in [1.82, 2.24) is 9.55 Å². The summed E-state index contributed by atoms with van der Waals surface area (Å²) in [7, 11) is 0. The molecular formula is C35H24N2O. The predicted molar refractivity (Wildman–Crippen MR) is 155 cm³/mol. The highest BCUT2D eigenvalue weighted by Crippen LogP contribution is 2.45. The predicted octanol–water partition coefficient (Wildman–Crippen LogP) is 9.29. The second kappa shape index (κ2) is 9.38. The van der Waals surface area contributed by atoms with Crippen molar-refractivity contribution in [2.75, 3.05) is 0 Å². The maximum atomic E-state index is 6.92.